The van der Waals surface area contributed by atoms with Crippen LogP contribution in [0.5, 0.6) is 11.5 Å². The van der Waals surface area contributed by atoms with E-state index in [1.807, 2.05) is 0 Å². The molecule has 44 heavy (non-hydrogen) atoms. The lowest BCUT2D eigenvalue weighted by Crippen LogP contribution is -2.12. The van der Waals surface area contributed by atoms with Gasteiger partial charge in [0.15, 0.2) is 0 Å². The minimum atomic E-state index is -4.42. The van der Waals surface area contributed by atoms with Crippen molar-refractivity contribution in [2.75, 3.05) is 11.1 Å². The van der Waals surface area contributed by atoms with Gasteiger partial charge in [-0.1, -0.05) is 22.3 Å². The van der Waals surface area contributed by atoms with Gasteiger partial charge < -0.3 is 21.3 Å². The number of anilines is 2. The normalized spacial score (nSPS) is 10.1. The van der Waals surface area contributed by atoms with Crippen molar-refractivity contribution in [1.29, 1.82) is 0 Å². The molecule has 5 N–H and O–H groups in total. The van der Waals surface area contributed by atoms with Crippen molar-refractivity contribution in [2.24, 2.45) is 0 Å². The fourth-order valence-electron chi connectivity index (χ4n) is 2.82. The SMILES string of the molecule is C.C.C.Nc1ccc(O)cc1.O=C(Cl)c1ccc(C(F)(F)F)cc1.O=C(Nc1ccc(O)cc1)c1ccc(C(F)(F)F)cc1. The maximum absolute atomic E-state index is 12.4. The average Bonchev–Trinajstić information content (AvgIpc) is 2.91. The van der Waals surface area contributed by atoms with Crippen LogP contribution in [-0.2, 0) is 12.4 Å². The van der Waals surface area contributed by atoms with E-state index in [1.54, 1.807) is 24.3 Å². The number of carbonyl (C=O) groups is 2. The van der Waals surface area contributed by atoms with E-state index < -0.39 is 34.6 Å². The third kappa shape index (κ3) is 14.0. The Labute approximate surface area is 256 Å². The van der Waals surface area contributed by atoms with Gasteiger partial charge in [-0.15, -0.1) is 0 Å². The fourth-order valence-corrected chi connectivity index (χ4v) is 2.95. The highest BCUT2D eigenvalue weighted by atomic mass is 35.5. The van der Waals surface area contributed by atoms with E-state index in [0.717, 1.165) is 48.5 Å². The summed E-state index contributed by atoms with van der Waals surface area (Å²) in [5, 5.41) is 19.5. The van der Waals surface area contributed by atoms with Crippen molar-refractivity contribution in [3.63, 3.8) is 0 Å². The van der Waals surface area contributed by atoms with Crippen LogP contribution in [0.4, 0.5) is 37.7 Å². The molecule has 0 unspecified atom stereocenters. The number of halogens is 7. The van der Waals surface area contributed by atoms with E-state index in [2.05, 4.69) is 5.32 Å². The Morgan fingerprint density at radius 3 is 1.25 bits per heavy atom. The van der Waals surface area contributed by atoms with Gasteiger partial charge in [0.05, 0.1) is 11.1 Å². The number of alkyl halides is 6. The first kappa shape index (κ1) is 41.4. The second kappa shape index (κ2) is 18.1. The zero-order chi connectivity index (χ0) is 30.8. The van der Waals surface area contributed by atoms with Crippen LogP contribution in [0.15, 0.2) is 97.1 Å². The molecule has 13 heteroatoms. The third-order valence-electron chi connectivity index (χ3n) is 4.93. The van der Waals surface area contributed by atoms with E-state index in [9.17, 15) is 35.9 Å². The van der Waals surface area contributed by atoms with Gasteiger partial charge >= 0.3 is 12.4 Å². The number of phenolic OH excluding ortho intramolecular Hbond substituents is 2. The van der Waals surface area contributed by atoms with Gasteiger partial charge in [0.2, 0.25) is 0 Å². The number of carbonyl (C=O) groups excluding carboxylic acids is 2. The number of rotatable bonds is 3. The number of nitrogen functional groups attached to an aromatic ring is 1. The summed E-state index contributed by atoms with van der Waals surface area (Å²) in [7, 11) is 0. The molecule has 0 radical (unpaired) electrons. The average molecular weight is 647 g/mol. The molecule has 0 atom stereocenters. The molecule has 0 heterocycles. The Balaban J connectivity index is 0. The van der Waals surface area contributed by atoms with Crippen LogP contribution in [0.1, 0.15) is 54.1 Å². The molecule has 4 aromatic rings. The zero-order valence-corrected chi connectivity index (χ0v) is 21.4. The lowest BCUT2D eigenvalue weighted by Gasteiger charge is -2.08. The largest absolute Gasteiger partial charge is 0.508 e. The summed E-state index contributed by atoms with van der Waals surface area (Å²) in [6.07, 6.45) is -8.81. The number of nitrogens with two attached hydrogens (primary N) is 1. The minimum Gasteiger partial charge on any atom is -0.508 e. The summed E-state index contributed by atoms with van der Waals surface area (Å²) in [6, 6.07) is 19.8. The van der Waals surface area contributed by atoms with Crippen molar-refractivity contribution in [3.8, 4) is 11.5 Å². The molecule has 0 saturated heterocycles. The first-order valence-electron chi connectivity index (χ1n) is 11.3. The smallest absolute Gasteiger partial charge is 0.416 e. The second-order valence-corrected chi connectivity index (χ2v) is 8.36. The Morgan fingerprint density at radius 2 is 0.932 bits per heavy atom. The van der Waals surface area contributed by atoms with Crippen molar-refractivity contribution >= 4 is 34.1 Å². The Morgan fingerprint density at radius 1 is 0.591 bits per heavy atom. The number of hydrogen-bond acceptors (Lipinski definition) is 5. The van der Waals surface area contributed by atoms with Crippen molar-refractivity contribution < 1.29 is 46.1 Å². The summed E-state index contributed by atoms with van der Waals surface area (Å²) in [4.78, 5) is 22.3. The number of benzene rings is 4. The lowest BCUT2D eigenvalue weighted by molar-refractivity contribution is -0.138. The van der Waals surface area contributed by atoms with Crippen molar-refractivity contribution in [3.05, 3.63) is 119 Å². The van der Waals surface area contributed by atoms with E-state index in [1.165, 1.54) is 24.3 Å². The first-order valence-corrected chi connectivity index (χ1v) is 11.6. The van der Waals surface area contributed by atoms with Gasteiger partial charge in [0.1, 0.15) is 11.5 Å². The molecule has 4 aromatic carbocycles. The lowest BCUT2D eigenvalue weighted by atomic mass is 10.1. The number of hydrogen-bond donors (Lipinski definition) is 4. The highest BCUT2D eigenvalue weighted by Crippen LogP contribution is 2.30. The number of amides is 1. The van der Waals surface area contributed by atoms with Crippen LogP contribution in [0.25, 0.3) is 0 Å². The zero-order valence-electron chi connectivity index (χ0n) is 20.7. The van der Waals surface area contributed by atoms with Crippen LogP contribution in [0, 0.1) is 0 Å². The predicted octanol–water partition coefficient (Wildman–Crippen LogP) is 9.63. The van der Waals surface area contributed by atoms with Crippen LogP contribution < -0.4 is 11.1 Å². The summed E-state index contributed by atoms with van der Waals surface area (Å²) >= 11 is 5.05. The van der Waals surface area contributed by atoms with Crippen molar-refractivity contribution in [1.82, 2.24) is 0 Å². The van der Waals surface area contributed by atoms with Gasteiger partial charge in [-0.05, 0) is 109 Å². The molecule has 6 nitrogen and oxygen atoms in total. The predicted molar refractivity (Wildman–Crippen MR) is 162 cm³/mol. The molecule has 4 rings (SSSR count). The van der Waals surface area contributed by atoms with Crippen LogP contribution >= 0.6 is 11.6 Å². The molecule has 0 spiro atoms. The molecule has 240 valence electrons. The highest BCUT2D eigenvalue weighted by molar-refractivity contribution is 6.67. The topological polar surface area (TPSA) is 113 Å². The molecule has 0 aliphatic heterocycles. The molecule has 0 aromatic heterocycles. The Kier molecular flexibility index (Phi) is 17.0. The molecule has 0 saturated carbocycles. The number of phenols is 2. The second-order valence-electron chi connectivity index (χ2n) is 8.02. The Hall–Kier alpha value is -4.71. The maximum atomic E-state index is 12.4. The number of aromatic hydroxyl groups is 2. The monoisotopic (exact) mass is 646 g/mol. The van der Waals surface area contributed by atoms with Crippen LogP contribution in [-0.4, -0.2) is 21.4 Å². The van der Waals surface area contributed by atoms with Gasteiger partial charge in [-0.25, -0.2) is 0 Å². The van der Waals surface area contributed by atoms with Crippen LogP contribution in [0.2, 0.25) is 0 Å². The fraction of sp³-hybridized carbons (Fsp3) is 0.161. The standard InChI is InChI=1S/C14H10F3NO2.C8H4ClF3O.C6H7NO.3CH4/c15-14(16,17)10-3-1-9(2-4-10)13(20)18-11-5-7-12(19)8-6-11;9-7(13)5-1-3-6(4-2-5)8(10,11)12;7-5-1-3-6(8)4-2-5;;;/h1-8,19H,(H,18,20);1-4H;1-4,8H,7H2;3*1H4. The van der Waals surface area contributed by atoms with Gasteiger partial charge in [-0.3, -0.25) is 9.59 Å². The molecule has 0 fully saturated rings. The van der Waals surface area contributed by atoms with E-state index >= 15 is 0 Å². The number of nitrogens with one attached hydrogen (secondary N) is 1. The summed E-state index contributed by atoms with van der Waals surface area (Å²) in [5.41, 5.74) is 4.99. The van der Waals surface area contributed by atoms with Crippen molar-refractivity contribution in [2.45, 2.75) is 34.6 Å². The Bertz CT molecular complexity index is 1400. The van der Waals surface area contributed by atoms with Gasteiger partial charge in [-0.2, -0.15) is 26.3 Å². The van der Waals surface area contributed by atoms with E-state index in [-0.39, 0.29) is 44.9 Å². The molecular weight excluding hydrogens is 614 g/mol. The molecule has 0 aliphatic rings. The van der Waals surface area contributed by atoms with Gasteiger partial charge in [0, 0.05) is 22.5 Å². The molecule has 0 bridgehead atoms. The summed E-state index contributed by atoms with van der Waals surface area (Å²) < 4.78 is 73.2. The maximum Gasteiger partial charge on any atom is 0.416 e. The summed E-state index contributed by atoms with van der Waals surface area (Å²) in [5.74, 6) is -0.221. The quantitative estimate of drug-likeness (QED) is 0.0766. The minimum absolute atomic E-state index is 0. The molecule has 1 amide bonds. The molecular formula is C31H33ClF6N2O4. The third-order valence-corrected chi connectivity index (χ3v) is 5.15. The van der Waals surface area contributed by atoms with E-state index in [4.69, 9.17) is 27.5 Å². The van der Waals surface area contributed by atoms with E-state index in [0.29, 0.717) is 11.4 Å². The van der Waals surface area contributed by atoms with Gasteiger partial charge in [0.25, 0.3) is 11.1 Å². The first-order chi connectivity index (χ1) is 19.1. The van der Waals surface area contributed by atoms with Crippen LogP contribution in [0.3, 0.4) is 0 Å². The summed E-state index contributed by atoms with van der Waals surface area (Å²) in [6.45, 7) is 0. The highest BCUT2D eigenvalue weighted by Gasteiger charge is 2.30. The molecule has 0 aliphatic carbocycles.